The average molecular weight is 714 g/mol. The van der Waals surface area contributed by atoms with Crippen molar-refractivity contribution in [3.05, 3.63) is 181 Å². The van der Waals surface area contributed by atoms with Crippen LogP contribution in [0.3, 0.4) is 0 Å². The molecule has 0 atom stereocenters. The van der Waals surface area contributed by atoms with Crippen LogP contribution >= 0.6 is 0 Å². The highest BCUT2D eigenvalue weighted by Crippen LogP contribution is 2.42. The number of nitrogens with zero attached hydrogens (tertiary/aromatic N) is 5. The monoisotopic (exact) mass is 713 g/mol. The molecule has 11 rings (SSSR count). The molecule has 3 heterocycles. The Bertz CT molecular complexity index is 3480. The minimum Gasteiger partial charge on any atom is -0.456 e. The van der Waals surface area contributed by atoms with Crippen LogP contribution in [0.1, 0.15) is 5.56 Å². The first-order chi connectivity index (χ1) is 27.6. The molecule has 0 fully saturated rings. The number of nitriles is 1. The number of furan rings is 1. The predicted octanol–water partition coefficient (Wildman–Crippen LogP) is 13.2. The number of rotatable bonds is 4. The number of aromatic nitrogens is 3. The predicted molar refractivity (Wildman–Crippen MR) is 226 cm³/mol. The highest BCUT2D eigenvalue weighted by molar-refractivity contribution is 6.22. The molecule has 0 saturated heterocycles. The molecule has 8 aromatic carbocycles. The van der Waals surface area contributed by atoms with Gasteiger partial charge < -0.3 is 8.98 Å². The fourth-order valence-corrected chi connectivity index (χ4v) is 8.31. The number of para-hydroxylation sites is 1. The quantitative estimate of drug-likeness (QED) is 0.170. The smallest absolute Gasteiger partial charge is 0.190 e. The molecule has 0 saturated carbocycles. The Morgan fingerprint density at radius 2 is 1.34 bits per heavy atom. The first-order valence-electron chi connectivity index (χ1n) is 18.3. The zero-order valence-electron chi connectivity index (χ0n) is 29.7. The van der Waals surface area contributed by atoms with Gasteiger partial charge >= 0.3 is 0 Å². The lowest BCUT2D eigenvalue weighted by molar-refractivity contribution is 0.669. The van der Waals surface area contributed by atoms with Crippen LogP contribution < -0.4 is 0 Å². The molecule has 56 heavy (non-hydrogen) atoms. The fraction of sp³-hybridized carbons (Fsp3) is 0. The molecule has 0 aliphatic heterocycles. The Hall–Kier alpha value is -8.06. The van der Waals surface area contributed by atoms with Gasteiger partial charge in [-0.1, -0.05) is 103 Å². The molecule has 0 radical (unpaired) electrons. The number of hydrogen-bond donors (Lipinski definition) is 0. The molecule has 3 aromatic heterocycles. The highest BCUT2D eigenvalue weighted by atomic mass is 16.3. The first-order valence-corrected chi connectivity index (χ1v) is 18.3. The van der Waals surface area contributed by atoms with Gasteiger partial charge in [0.2, 0.25) is 0 Å². The summed E-state index contributed by atoms with van der Waals surface area (Å²) < 4.78 is 8.64. The molecule has 0 spiro atoms. The maximum Gasteiger partial charge on any atom is 0.190 e. The van der Waals surface area contributed by atoms with E-state index in [0.29, 0.717) is 17.1 Å². The molecular formula is C50H27N5O. The second kappa shape index (κ2) is 12.2. The Morgan fingerprint density at radius 1 is 0.571 bits per heavy atom. The lowest BCUT2D eigenvalue weighted by Gasteiger charge is -2.10. The van der Waals surface area contributed by atoms with Crippen LogP contribution in [0.4, 0.5) is 5.69 Å². The van der Waals surface area contributed by atoms with Crippen molar-refractivity contribution >= 4 is 71.1 Å². The SMILES string of the molecule is [C-]#[N+]c1cc(C#N)cc(-n2c3ccc(-c4ccc5oc6cccc(-c7nc(-c8ccccc8)c8ccccc8n7)c6c5c4)cc3c3c4ccccc4ccc32)c1. The Kier molecular flexibility index (Phi) is 6.88. The van der Waals surface area contributed by atoms with Crippen LogP contribution in [0.5, 0.6) is 0 Å². The third-order valence-electron chi connectivity index (χ3n) is 10.8. The van der Waals surface area contributed by atoms with E-state index in [1.54, 1.807) is 6.07 Å². The number of benzene rings is 8. The lowest BCUT2D eigenvalue weighted by atomic mass is 9.98. The van der Waals surface area contributed by atoms with Crippen LogP contribution in [0.25, 0.3) is 110 Å². The highest BCUT2D eigenvalue weighted by Gasteiger charge is 2.20. The van der Waals surface area contributed by atoms with E-state index in [9.17, 15) is 5.26 Å². The van der Waals surface area contributed by atoms with E-state index >= 15 is 0 Å². The summed E-state index contributed by atoms with van der Waals surface area (Å²) in [6.07, 6.45) is 0. The second-order valence-corrected chi connectivity index (χ2v) is 14.0. The zero-order chi connectivity index (χ0) is 37.3. The van der Waals surface area contributed by atoms with E-state index in [1.165, 1.54) is 0 Å². The summed E-state index contributed by atoms with van der Waals surface area (Å²) in [6, 6.07) is 57.7. The normalized spacial score (nSPS) is 11.5. The maximum atomic E-state index is 9.84. The molecular weight excluding hydrogens is 687 g/mol. The van der Waals surface area contributed by atoms with Crippen LogP contribution in [-0.4, -0.2) is 14.5 Å². The van der Waals surface area contributed by atoms with Crippen molar-refractivity contribution in [1.29, 1.82) is 5.26 Å². The summed E-state index contributed by atoms with van der Waals surface area (Å²) in [6.45, 7) is 7.72. The van der Waals surface area contributed by atoms with Crippen molar-refractivity contribution in [1.82, 2.24) is 14.5 Å². The summed E-state index contributed by atoms with van der Waals surface area (Å²) in [5.74, 6) is 0.643. The van der Waals surface area contributed by atoms with Crippen molar-refractivity contribution in [2.75, 3.05) is 0 Å². The van der Waals surface area contributed by atoms with Crippen molar-refractivity contribution in [2.24, 2.45) is 0 Å². The number of hydrogen-bond acceptors (Lipinski definition) is 4. The minimum absolute atomic E-state index is 0.428. The third kappa shape index (κ3) is 4.81. The zero-order valence-corrected chi connectivity index (χ0v) is 29.7. The van der Waals surface area contributed by atoms with Crippen LogP contribution in [0, 0.1) is 17.9 Å². The summed E-state index contributed by atoms with van der Waals surface area (Å²) in [7, 11) is 0. The first kappa shape index (κ1) is 31.5. The molecule has 0 bridgehead atoms. The van der Waals surface area contributed by atoms with Gasteiger partial charge in [0.25, 0.3) is 0 Å². The molecule has 0 aliphatic carbocycles. The Labute approximate surface area is 320 Å². The van der Waals surface area contributed by atoms with Crippen LogP contribution in [0.2, 0.25) is 0 Å². The lowest BCUT2D eigenvalue weighted by Crippen LogP contribution is -1.95. The standard InChI is InChI=1S/C50H27N5O/c1-52-35-24-30(29-51)25-36(28-35)55-43-21-19-33(26-40(43)47-37-13-6-5-10-31(37)18-22-44(47)55)34-20-23-45-41(27-34)48-39(15-9-17-46(48)56-45)50-53-42-16-8-7-14-38(42)49(54-50)32-11-3-2-4-12-32/h2-28H. The topological polar surface area (TPSA) is 72.0 Å². The molecule has 6 heteroatoms. The van der Waals surface area contributed by atoms with Gasteiger partial charge in [-0.15, -0.1) is 0 Å². The van der Waals surface area contributed by atoms with Crippen molar-refractivity contribution in [2.45, 2.75) is 0 Å². The summed E-state index contributed by atoms with van der Waals surface area (Å²) >= 11 is 0. The second-order valence-electron chi connectivity index (χ2n) is 14.0. The molecule has 0 N–H and O–H groups in total. The summed E-state index contributed by atoms with van der Waals surface area (Å²) in [4.78, 5) is 14.0. The molecule has 0 amide bonds. The number of fused-ring (bicyclic) bond motifs is 9. The van der Waals surface area contributed by atoms with Gasteiger partial charge in [-0.25, -0.2) is 14.8 Å². The molecule has 0 aliphatic rings. The Balaban J connectivity index is 1.13. The molecule has 258 valence electrons. The third-order valence-corrected chi connectivity index (χ3v) is 10.8. The fourth-order valence-electron chi connectivity index (χ4n) is 8.31. The molecule has 6 nitrogen and oxygen atoms in total. The van der Waals surface area contributed by atoms with Crippen molar-refractivity contribution < 1.29 is 4.42 Å². The van der Waals surface area contributed by atoms with Gasteiger partial charge in [0.15, 0.2) is 11.5 Å². The average Bonchev–Trinajstić information content (AvgIpc) is 3.81. The van der Waals surface area contributed by atoms with Gasteiger partial charge in [0.05, 0.1) is 34.9 Å². The van der Waals surface area contributed by atoms with E-state index in [4.69, 9.17) is 21.0 Å². The van der Waals surface area contributed by atoms with E-state index in [2.05, 4.69) is 106 Å². The van der Waals surface area contributed by atoms with Crippen molar-refractivity contribution in [3.8, 4) is 45.5 Å². The van der Waals surface area contributed by atoms with Gasteiger partial charge in [-0.3, -0.25) is 0 Å². The molecule has 11 aromatic rings. The van der Waals surface area contributed by atoms with Gasteiger partial charge in [-0.05, 0) is 82.6 Å². The van der Waals surface area contributed by atoms with E-state index in [-0.39, 0.29) is 0 Å². The van der Waals surface area contributed by atoms with Crippen LogP contribution in [-0.2, 0) is 0 Å². The largest absolute Gasteiger partial charge is 0.456 e. The van der Waals surface area contributed by atoms with Gasteiger partial charge in [0.1, 0.15) is 11.2 Å². The summed E-state index contributed by atoms with van der Waals surface area (Å²) in [5, 5.41) is 17.3. The van der Waals surface area contributed by atoms with E-state index in [0.717, 1.165) is 99.1 Å². The van der Waals surface area contributed by atoms with Gasteiger partial charge in [0, 0.05) is 49.3 Å². The van der Waals surface area contributed by atoms with Gasteiger partial charge in [-0.2, -0.15) is 5.26 Å². The Morgan fingerprint density at radius 3 is 2.20 bits per heavy atom. The van der Waals surface area contributed by atoms with E-state index < -0.39 is 0 Å². The maximum absolute atomic E-state index is 9.84. The molecule has 0 unspecified atom stereocenters. The minimum atomic E-state index is 0.428. The summed E-state index contributed by atoms with van der Waals surface area (Å²) in [5.41, 5.74) is 11.0. The van der Waals surface area contributed by atoms with Crippen molar-refractivity contribution in [3.63, 3.8) is 0 Å². The van der Waals surface area contributed by atoms with E-state index in [1.807, 2.05) is 66.7 Å². The van der Waals surface area contributed by atoms with Crippen LogP contribution in [0.15, 0.2) is 168 Å².